The van der Waals surface area contributed by atoms with Gasteiger partial charge in [0, 0.05) is 24.5 Å². The Balaban J connectivity index is 1.72. The fraction of sp³-hybridized carbons (Fsp3) is 0.389. The summed E-state index contributed by atoms with van der Waals surface area (Å²) in [5, 5.41) is 3.71. The molecular weight excluding hydrogens is 244 g/mol. The summed E-state index contributed by atoms with van der Waals surface area (Å²) in [6, 6.07) is 13.6. The molecule has 104 valence electrons. The monoisotopic (exact) mass is 266 g/mol. The van der Waals surface area contributed by atoms with E-state index in [-0.39, 0.29) is 0 Å². The zero-order valence-electron chi connectivity index (χ0n) is 12.1. The highest BCUT2D eigenvalue weighted by Crippen LogP contribution is 2.28. The highest BCUT2D eigenvalue weighted by molar-refractivity contribution is 5.31. The van der Waals surface area contributed by atoms with E-state index in [1.54, 1.807) is 0 Å². The van der Waals surface area contributed by atoms with Gasteiger partial charge in [-0.25, -0.2) is 0 Å². The van der Waals surface area contributed by atoms with Crippen LogP contribution in [0.3, 0.4) is 0 Å². The molecule has 0 aliphatic heterocycles. The van der Waals surface area contributed by atoms with E-state index in [2.05, 4.69) is 46.7 Å². The predicted molar refractivity (Wildman–Crippen MR) is 82.6 cm³/mol. The Hall–Kier alpha value is -1.67. The van der Waals surface area contributed by atoms with Crippen LogP contribution in [0.1, 0.15) is 47.7 Å². The molecule has 0 spiro atoms. The van der Waals surface area contributed by atoms with Gasteiger partial charge in [0.1, 0.15) is 0 Å². The fourth-order valence-corrected chi connectivity index (χ4v) is 2.98. The molecule has 1 unspecified atom stereocenters. The Morgan fingerprint density at radius 2 is 2.05 bits per heavy atom. The maximum absolute atomic E-state index is 4.37. The lowest BCUT2D eigenvalue weighted by Crippen LogP contribution is -2.21. The van der Waals surface area contributed by atoms with Crippen molar-refractivity contribution in [3.05, 3.63) is 65.0 Å². The van der Waals surface area contributed by atoms with Crippen molar-refractivity contribution in [2.75, 3.05) is 0 Å². The number of hydrogen-bond acceptors (Lipinski definition) is 2. The number of aromatic nitrogens is 1. The lowest BCUT2D eigenvalue weighted by Gasteiger charge is -2.19. The summed E-state index contributed by atoms with van der Waals surface area (Å²) in [7, 11) is 0. The Morgan fingerprint density at radius 3 is 2.90 bits per heavy atom. The number of aryl methyl sites for hydroxylation is 2. The maximum atomic E-state index is 4.37. The van der Waals surface area contributed by atoms with Crippen LogP contribution in [0.15, 0.2) is 42.6 Å². The minimum Gasteiger partial charge on any atom is -0.306 e. The van der Waals surface area contributed by atoms with E-state index in [4.69, 9.17) is 0 Å². The van der Waals surface area contributed by atoms with Crippen LogP contribution in [-0.2, 0) is 13.0 Å². The molecule has 1 N–H and O–H groups in total. The molecule has 0 saturated carbocycles. The second kappa shape index (κ2) is 6.19. The van der Waals surface area contributed by atoms with Crippen molar-refractivity contribution in [3.8, 4) is 0 Å². The molecule has 1 aromatic carbocycles. The Kier molecular flexibility index (Phi) is 4.12. The zero-order valence-corrected chi connectivity index (χ0v) is 12.1. The normalized spacial score (nSPS) is 18.4. The average molecular weight is 266 g/mol. The summed E-state index contributed by atoms with van der Waals surface area (Å²) in [5.41, 5.74) is 5.35. The molecule has 3 rings (SSSR count). The molecule has 1 aliphatic carbocycles. The number of hydrogen-bond donors (Lipinski definition) is 1. The van der Waals surface area contributed by atoms with Gasteiger partial charge in [-0.3, -0.25) is 4.98 Å². The lowest BCUT2D eigenvalue weighted by atomic mass is 9.99. The van der Waals surface area contributed by atoms with Crippen molar-refractivity contribution in [2.45, 2.75) is 45.2 Å². The van der Waals surface area contributed by atoms with E-state index in [0.29, 0.717) is 6.04 Å². The predicted octanol–water partition coefficient (Wildman–Crippen LogP) is 3.95. The van der Waals surface area contributed by atoms with Gasteiger partial charge in [-0.1, -0.05) is 36.8 Å². The second-order valence-electron chi connectivity index (χ2n) is 5.69. The fourth-order valence-electron chi connectivity index (χ4n) is 2.98. The van der Waals surface area contributed by atoms with Crippen LogP contribution >= 0.6 is 0 Å². The number of nitrogens with one attached hydrogen (secondary N) is 1. The molecule has 20 heavy (non-hydrogen) atoms. The third kappa shape index (κ3) is 3.07. The average Bonchev–Trinajstić information content (AvgIpc) is 2.69. The molecule has 1 aromatic heterocycles. The SMILES string of the molecule is Cc1ccc(CNC2CCCCc3ccccc32)cn1. The molecule has 0 bridgehead atoms. The van der Waals surface area contributed by atoms with Gasteiger partial charge < -0.3 is 5.32 Å². The Morgan fingerprint density at radius 1 is 1.15 bits per heavy atom. The first-order valence-corrected chi connectivity index (χ1v) is 7.55. The van der Waals surface area contributed by atoms with E-state index < -0.39 is 0 Å². The number of benzene rings is 1. The Labute approximate surface area is 121 Å². The van der Waals surface area contributed by atoms with Gasteiger partial charge in [0.2, 0.25) is 0 Å². The van der Waals surface area contributed by atoms with Gasteiger partial charge in [-0.2, -0.15) is 0 Å². The highest BCUT2D eigenvalue weighted by Gasteiger charge is 2.17. The molecule has 1 aliphatic rings. The number of rotatable bonds is 3. The first kappa shape index (κ1) is 13.3. The smallest absolute Gasteiger partial charge is 0.0372 e. The van der Waals surface area contributed by atoms with Crippen molar-refractivity contribution in [3.63, 3.8) is 0 Å². The van der Waals surface area contributed by atoms with E-state index in [1.165, 1.54) is 42.4 Å². The number of nitrogens with zero attached hydrogens (tertiary/aromatic N) is 1. The van der Waals surface area contributed by atoms with Crippen LogP contribution < -0.4 is 5.32 Å². The van der Waals surface area contributed by atoms with Crippen molar-refractivity contribution >= 4 is 0 Å². The standard InChI is InChI=1S/C18H22N2/c1-14-10-11-15(12-19-14)13-20-18-9-5-3-7-16-6-2-4-8-17(16)18/h2,4,6,8,10-12,18,20H,3,5,7,9,13H2,1H3. The molecule has 2 nitrogen and oxygen atoms in total. The van der Waals surface area contributed by atoms with E-state index in [9.17, 15) is 0 Å². The molecule has 2 aromatic rings. The van der Waals surface area contributed by atoms with Crippen LogP contribution in [0.2, 0.25) is 0 Å². The van der Waals surface area contributed by atoms with Gasteiger partial charge in [0.15, 0.2) is 0 Å². The topological polar surface area (TPSA) is 24.9 Å². The van der Waals surface area contributed by atoms with Crippen LogP contribution in [0.5, 0.6) is 0 Å². The van der Waals surface area contributed by atoms with Crippen molar-refractivity contribution in [2.24, 2.45) is 0 Å². The van der Waals surface area contributed by atoms with Gasteiger partial charge in [-0.05, 0) is 48.9 Å². The van der Waals surface area contributed by atoms with Crippen LogP contribution in [-0.4, -0.2) is 4.98 Å². The van der Waals surface area contributed by atoms with Gasteiger partial charge in [0.25, 0.3) is 0 Å². The molecule has 1 heterocycles. The van der Waals surface area contributed by atoms with Crippen molar-refractivity contribution in [1.29, 1.82) is 0 Å². The number of pyridine rings is 1. The van der Waals surface area contributed by atoms with Crippen LogP contribution in [0.25, 0.3) is 0 Å². The lowest BCUT2D eigenvalue weighted by molar-refractivity contribution is 0.488. The summed E-state index contributed by atoms with van der Waals surface area (Å²) in [4.78, 5) is 4.37. The van der Waals surface area contributed by atoms with Gasteiger partial charge >= 0.3 is 0 Å². The second-order valence-corrected chi connectivity index (χ2v) is 5.69. The first-order valence-electron chi connectivity index (χ1n) is 7.55. The molecule has 0 radical (unpaired) electrons. The Bertz CT molecular complexity index is 560. The van der Waals surface area contributed by atoms with Gasteiger partial charge in [0.05, 0.1) is 0 Å². The van der Waals surface area contributed by atoms with Crippen LogP contribution in [0, 0.1) is 6.92 Å². The van der Waals surface area contributed by atoms with E-state index in [0.717, 1.165) is 12.2 Å². The maximum Gasteiger partial charge on any atom is 0.0372 e. The quantitative estimate of drug-likeness (QED) is 0.851. The third-order valence-corrected chi connectivity index (χ3v) is 4.14. The first-order chi connectivity index (χ1) is 9.83. The summed E-state index contributed by atoms with van der Waals surface area (Å²) >= 11 is 0. The van der Waals surface area contributed by atoms with Crippen molar-refractivity contribution in [1.82, 2.24) is 10.3 Å². The van der Waals surface area contributed by atoms with E-state index >= 15 is 0 Å². The molecular formula is C18H22N2. The summed E-state index contributed by atoms with van der Waals surface area (Å²) < 4.78 is 0. The summed E-state index contributed by atoms with van der Waals surface area (Å²) in [6.45, 7) is 2.92. The van der Waals surface area contributed by atoms with Crippen LogP contribution in [0.4, 0.5) is 0 Å². The molecule has 0 amide bonds. The zero-order chi connectivity index (χ0) is 13.8. The largest absolute Gasteiger partial charge is 0.306 e. The number of fused-ring (bicyclic) bond motifs is 1. The van der Waals surface area contributed by atoms with Crippen molar-refractivity contribution < 1.29 is 0 Å². The summed E-state index contributed by atoms with van der Waals surface area (Å²) in [6.07, 6.45) is 7.04. The highest BCUT2D eigenvalue weighted by atomic mass is 14.9. The molecule has 1 atom stereocenters. The minimum absolute atomic E-state index is 0.481. The third-order valence-electron chi connectivity index (χ3n) is 4.14. The summed E-state index contributed by atoms with van der Waals surface area (Å²) in [5.74, 6) is 0. The molecule has 0 fully saturated rings. The molecule has 2 heteroatoms. The van der Waals surface area contributed by atoms with E-state index in [1.807, 2.05) is 13.1 Å². The van der Waals surface area contributed by atoms with Gasteiger partial charge in [-0.15, -0.1) is 0 Å². The molecule has 0 saturated heterocycles. The minimum atomic E-state index is 0.481.